The van der Waals surface area contributed by atoms with Crippen molar-refractivity contribution in [2.75, 3.05) is 0 Å². The molecule has 0 radical (unpaired) electrons. The van der Waals surface area contributed by atoms with Gasteiger partial charge in [-0.05, 0) is 108 Å². The van der Waals surface area contributed by atoms with E-state index in [1.54, 1.807) is 0 Å². The molecular formula is C66H54OSi. The first-order chi connectivity index (χ1) is 33.6. The van der Waals surface area contributed by atoms with Crippen molar-refractivity contribution in [3.05, 3.63) is 289 Å². The van der Waals surface area contributed by atoms with E-state index in [1.165, 1.54) is 83.5 Å². The minimum atomic E-state index is -2.92. The second kappa shape index (κ2) is 20.7. The molecule has 68 heavy (non-hydrogen) atoms. The van der Waals surface area contributed by atoms with Crippen LogP contribution in [-0.4, -0.2) is 13.9 Å². The summed E-state index contributed by atoms with van der Waals surface area (Å²) in [5, 5.41) is 0. The van der Waals surface area contributed by atoms with E-state index in [4.69, 9.17) is 0 Å². The Labute approximate surface area is 403 Å². The van der Waals surface area contributed by atoms with Crippen molar-refractivity contribution in [1.82, 2.24) is 0 Å². The average molecular weight is 891 g/mol. The van der Waals surface area contributed by atoms with Gasteiger partial charge in [0.1, 0.15) is 0 Å². The zero-order chi connectivity index (χ0) is 46.0. The van der Waals surface area contributed by atoms with E-state index < -0.39 is 8.07 Å². The van der Waals surface area contributed by atoms with Gasteiger partial charge in [-0.25, -0.2) is 0 Å². The highest BCUT2D eigenvalue weighted by molar-refractivity contribution is 6.79. The molecule has 0 saturated carbocycles. The zero-order valence-corrected chi connectivity index (χ0v) is 39.3. The highest BCUT2D eigenvalue weighted by Crippen LogP contribution is 2.44. The highest BCUT2D eigenvalue weighted by Gasteiger charge is 2.39. The van der Waals surface area contributed by atoms with Crippen molar-refractivity contribution < 1.29 is 4.79 Å². The number of benzene rings is 10. The minimum absolute atomic E-state index is 0.196. The van der Waals surface area contributed by atoms with E-state index in [0.717, 1.165) is 29.7 Å². The zero-order valence-electron chi connectivity index (χ0n) is 38.3. The molecule has 0 aliphatic heterocycles. The van der Waals surface area contributed by atoms with Gasteiger partial charge in [0.15, 0.2) is 5.78 Å². The number of hydrogen-bond acceptors (Lipinski definition) is 1. The van der Waals surface area contributed by atoms with E-state index in [-0.39, 0.29) is 5.78 Å². The van der Waals surface area contributed by atoms with Gasteiger partial charge in [-0.2, -0.15) is 0 Å². The molecule has 328 valence electrons. The summed E-state index contributed by atoms with van der Waals surface area (Å²) in [7, 11) is -2.92. The molecule has 10 rings (SSSR count). The van der Waals surface area contributed by atoms with Crippen molar-refractivity contribution >= 4 is 13.9 Å². The molecule has 0 bridgehead atoms. The Hall–Kier alpha value is -7.91. The van der Waals surface area contributed by atoms with Crippen LogP contribution in [0.2, 0.25) is 6.04 Å². The maximum absolute atomic E-state index is 14.8. The van der Waals surface area contributed by atoms with E-state index in [9.17, 15) is 4.79 Å². The standard InChI is InChI=1S/C66H54OSi/c67-66(56-37-20-7-21-38-56)45-46-68(47-63-57(50-25-8-1-9-26-50)39-22-40-58(63)51-27-10-2-11-28-51,48-64-59(52-29-12-3-13-30-52)41-23-42-60(64)53-31-14-4-15-32-53)49-65-61(54-33-16-5-17-34-54)43-24-44-62(65)55-35-18-6-19-36-55/h1-44H,45-49H2. The third-order valence-electron chi connectivity index (χ3n) is 13.7. The Morgan fingerprint density at radius 2 is 0.485 bits per heavy atom. The summed E-state index contributed by atoms with van der Waals surface area (Å²) < 4.78 is 0. The molecule has 10 aromatic carbocycles. The summed E-state index contributed by atoms with van der Waals surface area (Å²) >= 11 is 0. The Bertz CT molecular complexity index is 2740. The summed E-state index contributed by atoms with van der Waals surface area (Å²) in [6.07, 6.45) is 0.451. The molecule has 0 fully saturated rings. The van der Waals surface area contributed by atoms with E-state index in [1.807, 2.05) is 30.3 Å². The van der Waals surface area contributed by atoms with Crippen LogP contribution in [-0.2, 0) is 18.1 Å². The Morgan fingerprint density at radius 1 is 0.265 bits per heavy atom. The van der Waals surface area contributed by atoms with Gasteiger partial charge in [0, 0.05) is 12.0 Å². The number of rotatable bonds is 16. The monoisotopic (exact) mass is 890 g/mol. The fraction of sp³-hybridized carbons (Fsp3) is 0.0758. The molecule has 1 nitrogen and oxygen atoms in total. The number of hydrogen-bond donors (Lipinski definition) is 0. The van der Waals surface area contributed by atoms with Crippen LogP contribution in [0.1, 0.15) is 33.5 Å². The van der Waals surface area contributed by atoms with Gasteiger partial charge in [-0.3, -0.25) is 4.79 Å². The van der Waals surface area contributed by atoms with Crippen LogP contribution in [0, 0.1) is 0 Å². The summed E-state index contributed by atoms with van der Waals surface area (Å²) in [5.74, 6) is 0.196. The molecule has 0 aliphatic rings. The van der Waals surface area contributed by atoms with Gasteiger partial charge in [0.05, 0.1) is 8.07 Å². The summed E-state index contributed by atoms with van der Waals surface area (Å²) in [4.78, 5) is 14.8. The molecule has 0 saturated heterocycles. The topological polar surface area (TPSA) is 17.1 Å². The molecule has 10 aromatic rings. The fourth-order valence-corrected chi connectivity index (χ4v) is 15.4. The Kier molecular flexibility index (Phi) is 13.4. The molecule has 0 aliphatic carbocycles. The summed E-state index contributed by atoms with van der Waals surface area (Å²) in [6.45, 7) is 0. The third kappa shape index (κ3) is 9.79. The predicted molar refractivity (Wildman–Crippen MR) is 289 cm³/mol. The lowest BCUT2D eigenvalue weighted by atomic mass is 9.92. The second-order valence-electron chi connectivity index (χ2n) is 18.0. The number of carbonyl (C=O) groups is 1. The second-order valence-corrected chi connectivity index (χ2v) is 22.6. The number of carbonyl (C=O) groups excluding carboxylic acids is 1. The van der Waals surface area contributed by atoms with Gasteiger partial charge in [-0.1, -0.05) is 267 Å². The van der Waals surface area contributed by atoms with Crippen LogP contribution in [0.25, 0.3) is 66.8 Å². The molecule has 0 amide bonds. The van der Waals surface area contributed by atoms with Crippen molar-refractivity contribution in [1.29, 1.82) is 0 Å². The lowest BCUT2D eigenvalue weighted by Crippen LogP contribution is -2.45. The van der Waals surface area contributed by atoms with Crippen molar-refractivity contribution in [3.8, 4) is 66.8 Å². The average Bonchev–Trinajstić information content (AvgIpc) is 3.42. The lowest BCUT2D eigenvalue weighted by Gasteiger charge is -2.37. The van der Waals surface area contributed by atoms with Crippen LogP contribution in [0.4, 0.5) is 0 Å². The van der Waals surface area contributed by atoms with Gasteiger partial charge in [0.2, 0.25) is 0 Å². The SMILES string of the molecule is O=C(CC[Si](Cc1c(-c2ccccc2)cccc1-c1ccccc1)(Cc1c(-c2ccccc2)cccc1-c1ccccc1)Cc1c(-c2ccccc2)cccc1-c1ccccc1)c1ccccc1. The Morgan fingerprint density at radius 3 is 0.721 bits per heavy atom. The predicted octanol–water partition coefficient (Wildman–Crippen LogP) is 17.1. The summed E-state index contributed by atoms with van der Waals surface area (Å²) in [6, 6.07) is 99.5. The maximum atomic E-state index is 14.8. The minimum Gasteiger partial charge on any atom is -0.294 e. The normalized spacial score (nSPS) is 11.3. The molecule has 0 spiro atoms. The van der Waals surface area contributed by atoms with Crippen molar-refractivity contribution in [2.45, 2.75) is 30.6 Å². The molecule has 0 aromatic heterocycles. The van der Waals surface area contributed by atoms with E-state index in [2.05, 4.69) is 237 Å². The Balaban J connectivity index is 1.29. The fourth-order valence-electron chi connectivity index (χ4n) is 10.4. The maximum Gasteiger partial charge on any atom is 0.162 e. The molecule has 2 heteroatoms. The van der Waals surface area contributed by atoms with Crippen molar-refractivity contribution in [2.24, 2.45) is 0 Å². The van der Waals surface area contributed by atoms with Gasteiger partial charge >= 0.3 is 0 Å². The smallest absolute Gasteiger partial charge is 0.162 e. The third-order valence-corrected chi connectivity index (χ3v) is 18.3. The van der Waals surface area contributed by atoms with Crippen LogP contribution < -0.4 is 0 Å². The quantitative estimate of drug-likeness (QED) is 0.0698. The lowest BCUT2D eigenvalue weighted by molar-refractivity contribution is 0.0987. The molecular weight excluding hydrogens is 837 g/mol. The summed E-state index contributed by atoms with van der Waals surface area (Å²) in [5.41, 5.74) is 19.5. The van der Waals surface area contributed by atoms with Crippen LogP contribution in [0.15, 0.2) is 267 Å². The first-order valence-corrected chi connectivity index (χ1v) is 26.7. The largest absolute Gasteiger partial charge is 0.294 e. The molecule has 0 unspecified atom stereocenters. The van der Waals surface area contributed by atoms with Gasteiger partial charge < -0.3 is 0 Å². The number of Topliss-reactive ketones (excluding diaryl/α,β-unsaturated/α-hetero) is 1. The molecule has 0 heterocycles. The van der Waals surface area contributed by atoms with Crippen LogP contribution >= 0.6 is 0 Å². The van der Waals surface area contributed by atoms with E-state index in [0.29, 0.717) is 6.42 Å². The van der Waals surface area contributed by atoms with Crippen LogP contribution in [0.5, 0.6) is 0 Å². The first kappa shape index (κ1) is 44.0. The highest BCUT2D eigenvalue weighted by atomic mass is 28.3. The first-order valence-electron chi connectivity index (χ1n) is 23.9. The van der Waals surface area contributed by atoms with Crippen molar-refractivity contribution in [3.63, 3.8) is 0 Å². The van der Waals surface area contributed by atoms with Gasteiger partial charge in [0.25, 0.3) is 0 Å². The number of ketones is 1. The van der Waals surface area contributed by atoms with Crippen LogP contribution in [0.3, 0.4) is 0 Å². The van der Waals surface area contributed by atoms with E-state index >= 15 is 0 Å². The van der Waals surface area contributed by atoms with Gasteiger partial charge in [-0.15, -0.1) is 0 Å². The molecule has 0 atom stereocenters. The molecule has 0 N–H and O–H groups in total.